The fourth-order valence-corrected chi connectivity index (χ4v) is 2.18. The van der Waals surface area contributed by atoms with Crippen LogP contribution in [0.2, 0.25) is 0 Å². The molecule has 0 saturated carbocycles. The number of benzene rings is 2. The first-order valence-corrected chi connectivity index (χ1v) is 7.74. The maximum Gasteiger partial charge on any atom is 0.336 e. The van der Waals surface area contributed by atoms with Crippen LogP contribution in [0.4, 0.5) is 0 Å². The van der Waals surface area contributed by atoms with Gasteiger partial charge in [-0.1, -0.05) is 30.3 Å². The minimum Gasteiger partial charge on any atom is -0.478 e. The molecule has 0 aliphatic heterocycles. The molecule has 0 radical (unpaired) electrons. The molecule has 0 spiro atoms. The molecule has 0 aliphatic carbocycles. The summed E-state index contributed by atoms with van der Waals surface area (Å²) in [5.74, 6) is -2.01. The van der Waals surface area contributed by atoms with E-state index in [4.69, 9.17) is 5.11 Å². The molecule has 7 nitrogen and oxygen atoms in total. The maximum absolute atomic E-state index is 12.0. The number of carboxylic acids is 1. The normalized spacial score (nSPS) is 10.5. The number of aromatic carboxylic acids is 1. The number of hydrogen-bond donors (Lipinski definition) is 2. The standard InChI is InChI=1S/C19H16N2O5/c22-12-16(23)10-7-13-5-8-14(9-6-13)18(24)21-20-11-15-3-1-2-4-17(15)19(25)26/h1-6,8-9,11-12H,7,10H2,(H,21,24)(H,25,26)/b20-11-. The van der Waals surface area contributed by atoms with Gasteiger partial charge in [-0.05, 0) is 30.2 Å². The Labute approximate surface area is 149 Å². The first-order valence-electron chi connectivity index (χ1n) is 7.74. The number of Topliss-reactive ketones (excluding diaryl/α,β-unsaturated/α-hetero) is 1. The molecule has 0 saturated heterocycles. The van der Waals surface area contributed by atoms with E-state index in [1.54, 1.807) is 42.5 Å². The molecule has 7 heteroatoms. The minimum atomic E-state index is -1.08. The summed E-state index contributed by atoms with van der Waals surface area (Å²) in [7, 11) is 0. The number of hydrazone groups is 1. The second-order valence-electron chi connectivity index (χ2n) is 5.37. The lowest BCUT2D eigenvalue weighted by Crippen LogP contribution is -2.17. The van der Waals surface area contributed by atoms with Crippen LogP contribution in [-0.4, -0.2) is 35.3 Å². The zero-order valence-electron chi connectivity index (χ0n) is 13.7. The number of ketones is 1. The van der Waals surface area contributed by atoms with Crippen LogP contribution in [0, 0.1) is 0 Å². The van der Waals surface area contributed by atoms with Crippen molar-refractivity contribution in [1.82, 2.24) is 5.43 Å². The van der Waals surface area contributed by atoms with Crippen molar-refractivity contribution in [2.24, 2.45) is 5.10 Å². The zero-order chi connectivity index (χ0) is 18.9. The van der Waals surface area contributed by atoms with Gasteiger partial charge in [-0.25, -0.2) is 10.2 Å². The van der Waals surface area contributed by atoms with E-state index in [0.29, 0.717) is 23.8 Å². The Morgan fingerprint density at radius 3 is 2.38 bits per heavy atom. The summed E-state index contributed by atoms with van der Waals surface area (Å²) in [6.07, 6.45) is 2.11. The van der Waals surface area contributed by atoms with Crippen molar-refractivity contribution in [2.45, 2.75) is 12.8 Å². The molecule has 0 atom stereocenters. The lowest BCUT2D eigenvalue weighted by Gasteiger charge is -2.03. The highest BCUT2D eigenvalue weighted by atomic mass is 16.4. The molecule has 0 unspecified atom stereocenters. The van der Waals surface area contributed by atoms with Gasteiger partial charge in [-0.15, -0.1) is 0 Å². The number of nitrogens with zero attached hydrogens (tertiary/aromatic N) is 1. The lowest BCUT2D eigenvalue weighted by molar-refractivity contribution is -0.129. The molecule has 2 aromatic carbocycles. The SMILES string of the molecule is O=CC(=O)CCc1ccc(C(=O)N/N=C\c2ccccc2C(=O)O)cc1. The predicted molar refractivity (Wildman–Crippen MR) is 94.3 cm³/mol. The number of amides is 1. The van der Waals surface area contributed by atoms with E-state index >= 15 is 0 Å². The van der Waals surface area contributed by atoms with E-state index in [1.807, 2.05) is 0 Å². The third-order valence-corrected chi connectivity index (χ3v) is 3.57. The Bertz CT molecular complexity index is 856. The first kappa shape index (κ1) is 18.7. The van der Waals surface area contributed by atoms with Crippen molar-refractivity contribution in [2.75, 3.05) is 0 Å². The van der Waals surface area contributed by atoms with Crippen molar-refractivity contribution >= 4 is 30.2 Å². The smallest absolute Gasteiger partial charge is 0.336 e. The van der Waals surface area contributed by atoms with Crippen molar-refractivity contribution in [3.05, 3.63) is 70.8 Å². The summed E-state index contributed by atoms with van der Waals surface area (Å²) in [5.41, 5.74) is 3.97. The average Bonchev–Trinajstić information content (AvgIpc) is 2.66. The topological polar surface area (TPSA) is 113 Å². The monoisotopic (exact) mass is 352 g/mol. The number of aldehydes is 1. The number of aryl methyl sites for hydroxylation is 1. The zero-order valence-corrected chi connectivity index (χ0v) is 13.7. The molecule has 26 heavy (non-hydrogen) atoms. The molecule has 132 valence electrons. The van der Waals surface area contributed by atoms with Gasteiger partial charge in [0.2, 0.25) is 0 Å². The highest BCUT2D eigenvalue weighted by Gasteiger charge is 2.08. The van der Waals surface area contributed by atoms with Crippen LogP contribution in [0.5, 0.6) is 0 Å². The quantitative estimate of drug-likeness (QED) is 0.326. The van der Waals surface area contributed by atoms with Crippen molar-refractivity contribution in [3.8, 4) is 0 Å². The molecular weight excluding hydrogens is 336 g/mol. The Hall–Kier alpha value is -3.61. The minimum absolute atomic E-state index is 0.0831. The van der Waals surface area contributed by atoms with Crippen molar-refractivity contribution in [3.63, 3.8) is 0 Å². The van der Waals surface area contributed by atoms with Crippen LogP contribution in [0.3, 0.4) is 0 Å². The Morgan fingerprint density at radius 1 is 1.04 bits per heavy atom. The fourth-order valence-electron chi connectivity index (χ4n) is 2.18. The summed E-state index contributed by atoms with van der Waals surface area (Å²) in [4.78, 5) is 44.4. The van der Waals surface area contributed by atoms with E-state index in [-0.39, 0.29) is 12.0 Å². The number of rotatable bonds is 8. The number of nitrogens with one attached hydrogen (secondary N) is 1. The van der Waals surface area contributed by atoms with Gasteiger partial charge in [0.15, 0.2) is 12.1 Å². The number of carbonyl (C=O) groups is 4. The molecular formula is C19H16N2O5. The number of carboxylic acid groups (broad SMARTS) is 1. The molecule has 2 N–H and O–H groups in total. The summed E-state index contributed by atoms with van der Waals surface area (Å²) in [6, 6.07) is 12.8. The van der Waals surface area contributed by atoms with Crippen LogP contribution in [0.25, 0.3) is 0 Å². The van der Waals surface area contributed by atoms with Gasteiger partial charge in [0.05, 0.1) is 11.8 Å². The molecule has 2 aromatic rings. The summed E-state index contributed by atoms with van der Waals surface area (Å²) < 4.78 is 0. The van der Waals surface area contributed by atoms with Crippen molar-refractivity contribution < 1.29 is 24.3 Å². The highest BCUT2D eigenvalue weighted by Crippen LogP contribution is 2.08. The molecule has 1 amide bonds. The van der Waals surface area contributed by atoms with Crippen LogP contribution in [0.15, 0.2) is 53.6 Å². The Kier molecular flexibility index (Phi) is 6.50. The van der Waals surface area contributed by atoms with Gasteiger partial charge in [0.1, 0.15) is 0 Å². The summed E-state index contributed by atoms with van der Waals surface area (Å²) >= 11 is 0. The third kappa shape index (κ3) is 5.20. The second kappa shape index (κ2) is 9.03. The van der Waals surface area contributed by atoms with E-state index in [1.165, 1.54) is 12.3 Å². The Balaban J connectivity index is 1.97. The van der Waals surface area contributed by atoms with E-state index in [2.05, 4.69) is 10.5 Å². The lowest BCUT2D eigenvalue weighted by atomic mass is 10.1. The van der Waals surface area contributed by atoms with Gasteiger partial charge in [0.25, 0.3) is 5.91 Å². The van der Waals surface area contributed by atoms with Gasteiger partial charge >= 0.3 is 5.97 Å². The van der Waals surface area contributed by atoms with Crippen LogP contribution < -0.4 is 5.43 Å². The van der Waals surface area contributed by atoms with E-state index in [9.17, 15) is 19.2 Å². The van der Waals surface area contributed by atoms with Crippen LogP contribution >= 0.6 is 0 Å². The van der Waals surface area contributed by atoms with Gasteiger partial charge in [0, 0.05) is 17.5 Å². The van der Waals surface area contributed by atoms with E-state index < -0.39 is 17.7 Å². The van der Waals surface area contributed by atoms with Crippen molar-refractivity contribution in [1.29, 1.82) is 0 Å². The fraction of sp³-hybridized carbons (Fsp3) is 0.105. The van der Waals surface area contributed by atoms with Gasteiger partial charge < -0.3 is 5.11 Å². The van der Waals surface area contributed by atoms with Gasteiger partial charge in [-0.3, -0.25) is 14.4 Å². The predicted octanol–water partition coefficient (Wildman–Crippen LogP) is 1.85. The van der Waals surface area contributed by atoms with Crippen LogP contribution in [-0.2, 0) is 16.0 Å². The molecule has 0 aliphatic rings. The maximum atomic E-state index is 12.0. The van der Waals surface area contributed by atoms with E-state index in [0.717, 1.165) is 5.56 Å². The molecule has 0 bridgehead atoms. The third-order valence-electron chi connectivity index (χ3n) is 3.57. The highest BCUT2D eigenvalue weighted by molar-refractivity contribution is 6.24. The molecule has 0 heterocycles. The Morgan fingerprint density at radius 2 is 1.73 bits per heavy atom. The van der Waals surface area contributed by atoms with Gasteiger partial charge in [-0.2, -0.15) is 5.10 Å². The first-order chi connectivity index (χ1) is 12.5. The second-order valence-corrected chi connectivity index (χ2v) is 5.37. The summed E-state index contributed by atoms with van der Waals surface area (Å²) in [5, 5.41) is 12.9. The molecule has 0 fully saturated rings. The number of hydrogen-bond acceptors (Lipinski definition) is 5. The molecule has 0 aromatic heterocycles. The summed E-state index contributed by atoms with van der Waals surface area (Å²) in [6.45, 7) is 0. The number of carbonyl (C=O) groups excluding carboxylic acids is 3. The average molecular weight is 352 g/mol. The largest absolute Gasteiger partial charge is 0.478 e. The molecule has 2 rings (SSSR count). The van der Waals surface area contributed by atoms with Crippen LogP contribution in [0.1, 0.15) is 38.3 Å².